The number of nitrogens with two attached hydrogens (primary N) is 1. The molecule has 0 amide bonds. The normalized spacial score (nSPS) is 18.4. The minimum absolute atomic E-state index is 0.478. The van der Waals surface area contributed by atoms with Crippen molar-refractivity contribution in [2.24, 2.45) is 18.8 Å². The Morgan fingerprint density at radius 2 is 2.50 bits per heavy atom. The molecule has 1 heterocycles. The summed E-state index contributed by atoms with van der Waals surface area (Å²) >= 11 is 0. The third-order valence-electron chi connectivity index (χ3n) is 3.01. The first-order chi connectivity index (χ1) is 6.81. The number of aromatic nitrogens is 2. The van der Waals surface area contributed by atoms with Crippen LogP contribution in [0.25, 0.3) is 0 Å². The number of aryl methyl sites for hydroxylation is 2. The van der Waals surface area contributed by atoms with Crippen LogP contribution in [-0.4, -0.2) is 15.6 Å². The summed E-state index contributed by atoms with van der Waals surface area (Å²) < 4.78 is 2.07. The van der Waals surface area contributed by atoms with Crippen molar-refractivity contribution in [3.63, 3.8) is 0 Å². The number of hydrazine groups is 1. The summed E-state index contributed by atoms with van der Waals surface area (Å²) in [6.07, 6.45) is 8.58. The van der Waals surface area contributed by atoms with Crippen molar-refractivity contribution in [3.05, 3.63) is 18.2 Å². The van der Waals surface area contributed by atoms with Gasteiger partial charge in [-0.2, -0.15) is 0 Å². The van der Waals surface area contributed by atoms with Crippen molar-refractivity contribution >= 4 is 0 Å². The number of hydrogen-bond acceptors (Lipinski definition) is 3. The zero-order valence-electron chi connectivity index (χ0n) is 8.61. The van der Waals surface area contributed by atoms with Gasteiger partial charge in [-0.05, 0) is 25.2 Å². The topological polar surface area (TPSA) is 55.9 Å². The maximum absolute atomic E-state index is 5.51. The lowest BCUT2D eigenvalue weighted by Crippen LogP contribution is -2.37. The van der Waals surface area contributed by atoms with Gasteiger partial charge in [-0.15, -0.1) is 0 Å². The van der Waals surface area contributed by atoms with Crippen LogP contribution in [0.4, 0.5) is 0 Å². The molecule has 78 valence electrons. The molecular formula is C10H18N4. The second kappa shape index (κ2) is 4.11. The van der Waals surface area contributed by atoms with Crippen LogP contribution < -0.4 is 11.3 Å². The Hall–Kier alpha value is -0.870. The van der Waals surface area contributed by atoms with Crippen LogP contribution in [0.2, 0.25) is 0 Å². The van der Waals surface area contributed by atoms with Gasteiger partial charge in [-0.25, -0.2) is 4.98 Å². The second-order valence-corrected chi connectivity index (χ2v) is 4.10. The van der Waals surface area contributed by atoms with E-state index in [1.165, 1.54) is 12.8 Å². The van der Waals surface area contributed by atoms with Gasteiger partial charge in [-0.1, -0.05) is 0 Å². The molecule has 0 bridgehead atoms. The van der Waals surface area contributed by atoms with Gasteiger partial charge in [-0.3, -0.25) is 11.3 Å². The first-order valence-electron chi connectivity index (χ1n) is 5.23. The molecule has 0 saturated heterocycles. The van der Waals surface area contributed by atoms with Crippen molar-refractivity contribution in [1.82, 2.24) is 15.0 Å². The molecule has 0 radical (unpaired) electrons. The first kappa shape index (κ1) is 9.68. The van der Waals surface area contributed by atoms with Gasteiger partial charge in [0.15, 0.2) is 0 Å². The van der Waals surface area contributed by atoms with Gasteiger partial charge in [0.25, 0.3) is 0 Å². The average Bonchev–Trinajstić information content (AvgIpc) is 2.93. The highest BCUT2D eigenvalue weighted by Crippen LogP contribution is 2.33. The highest BCUT2D eigenvalue weighted by Gasteiger charge is 2.30. The smallest absolute Gasteiger partial charge is 0.108 e. The summed E-state index contributed by atoms with van der Waals surface area (Å²) in [6.45, 7) is 0. The predicted molar refractivity (Wildman–Crippen MR) is 55.4 cm³/mol. The molecular weight excluding hydrogens is 176 g/mol. The second-order valence-electron chi connectivity index (χ2n) is 4.10. The standard InChI is InChI=1S/C10H18N4/c1-14-7-6-12-10(14)5-4-9(13-11)8-2-3-8/h6-9,13H,2-5,11H2,1H3. The Morgan fingerprint density at radius 3 is 3.00 bits per heavy atom. The van der Waals surface area contributed by atoms with E-state index >= 15 is 0 Å². The van der Waals surface area contributed by atoms with Crippen LogP contribution in [0.15, 0.2) is 12.4 Å². The monoisotopic (exact) mass is 194 g/mol. The molecule has 2 rings (SSSR count). The predicted octanol–water partition coefficient (Wildman–Crippen LogP) is 0.595. The summed E-state index contributed by atoms with van der Waals surface area (Å²) in [7, 11) is 2.03. The maximum Gasteiger partial charge on any atom is 0.108 e. The Morgan fingerprint density at radius 1 is 1.71 bits per heavy atom. The molecule has 1 unspecified atom stereocenters. The van der Waals surface area contributed by atoms with Gasteiger partial charge in [0, 0.05) is 31.9 Å². The van der Waals surface area contributed by atoms with E-state index < -0.39 is 0 Å². The van der Waals surface area contributed by atoms with Crippen LogP contribution >= 0.6 is 0 Å². The van der Waals surface area contributed by atoms with Gasteiger partial charge >= 0.3 is 0 Å². The molecule has 1 aliphatic carbocycles. The lowest BCUT2D eigenvalue weighted by molar-refractivity contribution is 0.440. The van der Waals surface area contributed by atoms with E-state index in [-0.39, 0.29) is 0 Å². The number of hydrogen-bond donors (Lipinski definition) is 2. The van der Waals surface area contributed by atoms with Gasteiger partial charge in [0.05, 0.1) is 0 Å². The highest BCUT2D eigenvalue weighted by atomic mass is 15.2. The Kier molecular flexibility index (Phi) is 2.84. The molecule has 1 saturated carbocycles. The molecule has 1 fully saturated rings. The fourth-order valence-electron chi connectivity index (χ4n) is 1.88. The minimum atomic E-state index is 0.478. The van der Waals surface area contributed by atoms with Crippen molar-refractivity contribution in [2.75, 3.05) is 0 Å². The molecule has 1 atom stereocenters. The molecule has 0 aliphatic heterocycles. The largest absolute Gasteiger partial charge is 0.338 e. The number of rotatable bonds is 5. The fourth-order valence-corrected chi connectivity index (χ4v) is 1.88. The number of nitrogens with one attached hydrogen (secondary N) is 1. The molecule has 0 spiro atoms. The molecule has 4 heteroatoms. The summed E-state index contributed by atoms with van der Waals surface area (Å²) in [5, 5.41) is 0. The van der Waals surface area contributed by atoms with E-state index in [0.29, 0.717) is 6.04 Å². The van der Waals surface area contributed by atoms with Gasteiger partial charge < -0.3 is 4.57 Å². The molecule has 3 N–H and O–H groups in total. The summed E-state index contributed by atoms with van der Waals surface area (Å²) in [5.41, 5.74) is 2.91. The number of nitrogens with zero attached hydrogens (tertiary/aromatic N) is 2. The third-order valence-corrected chi connectivity index (χ3v) is 3.01. The summed E-state index contributed by atoms with van der Waals surface area (Å²) in [5.74, 6) is 7.46. The van der Waals surface area contributed by atoms with E-state index in [1.807, 2.05) is 19.4 Å². The first-order valence-corrected chi connectivity index (χ1v) is 5.23. The van der Waals surface area contributed by atoms with Crippen molar-refractivity contribution in [2.45, 2.75) is 31.7 Å². The molecule has 1 aromatic rings. The van der Waals surface area contributed by atoms with Crippen molar-refractivity contribution in [3.8, 4) is 0 Å². The zero-order chi connectivity index (χ0) is 9.97. The van der Waals surface area contributed by atoms with Crippen molar-refractivity contribution in [1.29, 1.82) is 0 Å². The van der Waals surface area contributed by atoms with E-state index in [9.17, 15) is 0 Å². The van der Waals surface area contributed by atoms with Crippen LogP contribution in [0.5, 0.6) is 0 Å². The molecule has 1 aliphatic rings. The minimum Gasteiger partial charge on any atom is -0.338 e. The van der Waals surface area contributed by atoms with E-state index in [0.717, 1.165) is 24.6 Å². The zero-order valence-corrected chi connectivity index (χ0v) is 8.61. The maximum atomic E-state index is 5.51. The Bertz CT molecular complexity index is 290. The van der Waals surface area contributed by atoms with E-state index in [1.54, 1.807) is 0 Å². The summed E-state index contributed by atoms with van der Waals surface area (Å²) in [4.78, 5) is 4.30. The lowest BCUT2D eigenvalue weighted by atomic mass is 10.1. The fraction of sp³-hybridized carbons (Fsp3) is 0.700. The van der Waals surface area contributed by atoms with E-state index in [2.05, 4.69) is 15.0 Å². The lowest BCUT2D eigenvalue weighted by Gasteiger charge is -2.14. The van der Waals surface area contributed by atoms with Crippen LogP contribution in [0, 0.1) is 5.92 Å². The molecule has 14 heavy (non-hydrogen) atoms. The molecule has 1 aromatic heterocycles. The quantitative estimate of drug-likeness (QED) is 0.533. The van der Waals surface area contributed by atoms with Gasteiger partial charge in [0.1, 0.15) is 5.82 Å². The van der Waals surface area contributed by atoms with E-state index in [4.69, 9.17) is 5.84 Å². The van der Waals surface area contributed by atoms with Crippen LogP contribution in [0.3, 0.4) is 0 Å². The van der Waals surface area contributed by atoms with Gasteiger partial charge in [0.2, 0.25) is 0 Å². The SMILES string of the molecule is Cn1ccnc1CCC(NN)C1CC1. The summed E-state index contributed by atoms with van der Waals surface area (Å²) in [6, 6.07) is 0.478. The molecule has 0 aromatic carbocycles. The molecule has 4 nitrogen and oxygen atoms in total. The average molecular weight is 194 g/mol. The van der Waals surface area contributed by atoms with Crippen molar-refractivity contribution < 1.29 is 0 Å². The van der Waals surface area contributed by atoms with Crippen LogP contribution in [-0.2, 0) is 13.5 Å². The number of imidazole rings is 1. The Labute approximate surface area is 84.5 Å². The van der Waals surface area contributed by atoms with Crippen LogP contribution in [0.1, 0.15) is 25.1 Å². The highest BCUT2D eigenvalue weighted by molar-refractivity contribution is 4.94. The Balaban J connectivity index is 1.83. The third kappa shape index (κ3) is 2.13.